The summed E-state index contributed by atoms with van der Waals surface area (Å²) in [4.78, 5) is 15.7. The number of aromatic nitrogens is 5. The highest BCUT2D eigenvalue weighted by atomic mass is 15.2. The second-order valence-corrected chi connectivity index (χ2v) is 14.1. The van der Waals surface area contributed by atoms with Gasteiger partial charge in [0.2, 0.25) is 5.95 Å². The maximum Gasteiger partial charge on any atom is 0.238 e. The molecule has 3 aromatic heterocycles. The summed E-state index contributed by atoms with van der Waals surface area (Å²) in [6, 6.07) is 70.3. The summed E-state index contributed by atoms with van der Waals surface area (Å²) in [7, 11) is 0. The Morgan fingerprint density at radius 3 is 1.36 bits per heavy atom. The van der Waals surface area contributed by atoms with Crippen LogP contribution in [-0.2, 0) is 0 Å². The van der Waals surface area contributed by atoms with E-state index in [9.17, 15) is 0 Å². The number of hydrogen-bond acceptors (Lipinski definition) is 3. The fourth-order valence-electron chi connectivity index (χ4n) is 8.24. The van der Waals surface area contributed by atoms with Crippen LogP contribution in [0, 0.1) is 0 Å². The number of hydrogen-bond donors (Lipinski definition) is 0. The van der Waals surface area contributed by atoms with Crippen LogP contribution in [0.2, 0.25) is 0 Å². The molecule has 3 heterocycles. The predicted molar refractivity (Wildman–Crippen MR) is 230 cm³/mol. The molecule has 5 heteroatoms. The number of rotatable bonds is 6. The van der Waals surface area contributed by atoms with E-state index < -0.39 is 0 Å². The molecule has 8 aromatic carbocycles. The standard InChI is InChI=1S/C51H33N5/c1-2-15-35(16-3-1)39-19-4-5-24-44(39)50-52-49(53-51(54-50)56-47-27-12-8-22-42(47)43-23-9-13-28-48(43)56)36-31-29-34(30-32-36)37-17-14-18-38(33-37)55-45-25-10-6-20-40(45)41-21-7-11-26-46(41)55/h1-33H. The average molecular weight is 716 g/mol. The van der Waals surface area contributed by atoms with Crippen molar-refractivity contribution < 1.29 is 0 Å². The highest BCUT2D eigenvalue weighted by Crippen LogP contribution is 2.36. The van der Waals surface area contributed by atoms with Gasteiger partial charge in [0.05, 0.1) is 22.1 Å². The van der Waals surface area contributed by atoms with Gasteiger partial charge >= 0.3 is 0 Å². The smallest absolute Gasteiger partial charge is 0.238 e. The van der Waals surface area contributed by atoms with Gasteiger partial charge in [-0.15, -0.1) is 0 Å². The van der Waals surface area contributed by atoms with Crippen molar-refractivity contribution in [2.24, 2.45) is 0 Å². The molecule has 262 valence electrons. The zero-order valence-corrected chi connectivity index (χ0v) is 30.3. The average Bonchev–Trinajstić information content (AvgIpc) is 3.80. The third-order valence-electron chi connectivity index (χ3n) is 10.8. The molecule has 0 fully saturated rings. The molecule has 0 amide bonds. The highest BCUT2D eigenvalue weighted by molar-refractivity contribution is 6.10. The van der Waals surface area contributed by atoms with Crippen molar-refractivity contribution in [3.8, 4) is 56.7 Å². The van der Waals surface area contributed by atoms with Crippen LogP contribution in [-0.4, -0.2) is 24.1 Å². The second kappa shape index (κ2) is 13.0. The van der Waals surface area contributed by atoms with Crippen molar-refractivity contribution in [2.45, 2.75) is 0 Å². The Kier molecular flexibility index (Phi) is 7.42. The molecule has 0 saturated carbocycles. The minimum atomic E-state index is 0.577. The topological polar surface area (TPSA) is 48.5 Å². The lowest BCUT2D eigenvalue weighted by Crippen LogP contribution is -2.06. The summed E-state index contributed by atoms with van der Waals surface area (Å²) in [5.41, 5.74) is 11.9. The van der Waals surface area contributed by atoms with Crippen molar-refractivity contribution in [1.82, 2.24) is 24.1 Å². The lowest BCUT2D eigenvalue weighted by molar-refractivity contribution is 0.953. The number of benzene rings is 8. The van der Waals surface area contributed by atoms with Gasteiger partial charge in [-0.05, 0) is 58.7 Å². The van der Waals surface area contributed by atoms with Crippen LogP contribution in [0.25, 0.3) is 100 Å². The Labute approximate surface area is 323 Å². The third kappa shape index (κ3) is 5.21. The van der Waals surface area contributed by atoms with Gasteiger partial charge in [-0.25, -0.2) is 4.98 Å². The first-order valence-corrected chi connectivity index (χ1v) is 18.9. The van der Waals surface area contributed by atoms with E-state index >= 15 is 0 Å². The van der Waals surface area contributed by atoms with Gasteiger partial charge in [-0.3, -0.25) is 4.57 Å². The van der Waals surface area contributed by atoms with Crippen molar-refractivity contribution in [3.05, 3.63) is 200 Å². The summed E-state index contributed by atoms with van der Waals surface area (Å²) >= 11 is 0. The van der Waals surface area contributed by atoms with Gasteiger partial charge in [0, 0.05) is 38.4 Å². The normalized spacial score (nSPS) is 11.6. The fourth-order valence-corrected chi connectivity index (χ4v) is 8.24. The van der Waals surface area contributed by atoms with Crippen molar-refractivity contribution in [2.75, 3.05) is 0 Å². The molecular weight excluding hydrogens is 683 g/mol. The molecule has 0 radical (unpaired) electrons. The van der Waals surface area contributed by atoms with E-state index in [0.29, 0.717) is 17.6 Å². The van der Waals surface area contributed by atoms with Crippen LogP contribution in [0.5, 0.6) is 0 Å². The van der Waals surface area contributed by atoms with Crippen LogP contribution < -0.4 is 0 Å². The third-order valence-corrected chi connectivity index (χ3v) is 10.8. The van der Waals surface area contributed by atoms with Gasteiger partial charge in [0.25, 0.3) is 0 Å². The van der Waals surface area contributed by atoms with Crippen molar-refractivity contribution >= 4 is 43.6 Å². The minimum absolute atomic E-state index is 0.577. The first-order chi connectivity index (χ1) is 27.8. The molecule has 0 aliphatic rings. The highest BCUT2D eigenvalue weighted by Gasteiger charge is 2.19. The summed E-state index contributed by atoms with van der Waals surface area (Å²) in [6.07, 6.45) is 0. The van der Waals surface area contributed by atoms with Gasteiger partial charge in [0.1, 0.15) is 0 Å². The largest absolute Gasteiger partial charge is 0.309 e. The minimum Gasteiger partial charge on any atom is -0.309 e. The molecule has 11 rings (SSSR count). The molecule has 0 N–H and O–H groups in total. The molecule has 0 bridgehead atoms. The van der Waals surface area contributed by atoms with Crippen LogP contribution in [0.4, 0.5) is 0 Å². The quantitative estimate of drug-likeness (QED) is 0.172. The molecule has 56 heavy (non-hydrogen) atoms. The molecular formula is C51H33N5. The van der Waals surface area contributed by atoms with Crippen LogP contribution in [0.3, 0.4) is 0 Å². The van der Waals surface area contributed by atoms with E-state index in [1.165, 1.54) is 21.8 Å². The van der Waals surface area contributed by atoms with E-state index in [1.54, 1.807) is 0 Å². The lowest BCUT2D eigenvalue weighted by atomic mass is 9.99. The Balaban J connectivity index is 1.06. The van der Waals surface area contributed by atoms with Crippen LogP contribution in [0.15, 0.2) is 200 Å². The van der Waals surface area contributed by atoms with Crippen molar-refractivity contribution in [3.63, 3.8) is 0 Å². The summed E-state index contributed by atoms with van der Waals surface area (Å²) in [5, 5.41) is 4.81. The SMILES string of the molecule is c1ccc(-c2ccccc2-c2nc(-c3ccc(-c4cccc(-n5c6ccccc6c6ccccc65)c4)cc3)nc(-n3c4ccccc4c4ccccc43)n2)cc1. The monoisotopic (exact) mass is 715 g/mol. The summed E-state index contributed by atoms with van der Waals surface area (Å²) in [5.74, 6) is 1.81. The maximum absolute atomic E-state index is 5.24. The molecule has 0 atom stereocenters. The van der Waals surface area contributed by atoms with Crippen LogP contribution in [0.1, 0.15) is 0 Å². The first kappa shape index (κ1) is 31.9. The molecule has 0 spiro atoms. The maximum atomic E-state index is 5.24. The van der Waals surface area contributed by atoms with E-state index in [-0.39, 0.29) is 0 Å². The summed E-state index contributed by atoms with van der Waals surface area (Å²) in [6.45, 7) is 0. The Morgan fingerprint density at radius 2 is 0.750 bits per heavy atom. The first-order valence-electron chi connectivity index (χ1n) is 18.9. The Hall–Kier alpha value is -7.63. The second-order valence-electron chi connectivity index (χ2n) is 14.1. The van der Waals surface area contributed by atoms with Crippen molar-refractivity contribution in [1.29, 1.82) is 0 Å². The number of fused-ring (bicyclic) bond motifs is 6. The molecule has 5 nitrogen and oxygen atoms in total. The van der Waals surface area contributed by atoms with Gasteiger partial charge in [0.15, 0.2) is 11.6 Å². The van der Waals surface area contributed by atoms with E-state index in [2.05, 4.69) is 197 Å². The molecule has 0 aliphatic carbocycles. The zero-order valence-electron chi connectivity index (χ0n) is 30.3. The number of para-hydroxylation sites is 4. The molecule has 0 unspecified atom stereocenters. The van der Waals surface area contributed by atoms with Crippen LogP contribution >= 0.6 is 0 Å². The summed E-state index contributed by atoms with van der Waals surface area (Å²) < 4.78 is 4.53. The predicted octanol–water partition coefficient (Wildman–Crippen LogP) is 12.7. The lowest BCUT2D eigenvalue weighted by Gasteiger charge is -2.13. The Bertz CT molecular complexity index is 3140. The fraction of sp³-hybridized carbons (Fsp3) is 0. The van der Waals surface area contributed by atoms with Gasteiger partial charge in [-0.2, -0.15) is 9.97 Å². The number of nitrogens with zero attached hydrogens (tertiary/aromatic N) is 5. The van der Waals surface area contributed by atoms with E-state index in [4.69, 9.17) is 15.0 Å². The van der Waals surface area contributed by atoms with Gasteiger partial charge in [-0.1, -0.05) is 164 Å². The van der Waals surface area contributed by atoms with E-state index in [1.807, 2.05) is 12.1 Å². The van der Waals surface area contributed by atoms with E-state index in [0.717, 1.165) is 60.9 Å². The molecule has 11 aromatic rings. The Morgan fingerprint density at radius 1 is 0.286 bits per heavy atom. The zero-order chi connectivity index (χ0) is 37.0. The molecule has 0 aliphatic heterocycles. The van der Waals surface area contributed by atoms with Gasteiger partial charge < -0.3 is 4.57 Å². The molecule has 0 saturated heterocycles.